The van der Waals surface area contributed by atoms with Gasteiger partial charge in [0, 0.05) is 11.8 Å². The molecule has 1 aliphatic carbocycles. The number of aliphatic imine (C=N–C) groups is 2. The van der Waals surface area contributed by atoms with Gasteiger partial charge < -0.3 is 11.5 Å². The highest BCUT2D eigenvalue weighted by molar-refractivity contribution is 7.15. The van der Waals surface area contributed by atoms with Crippen LogP contribution in [-0.4, -0.2) is 22.6 Å². The lowest BCUT2D eigenvalue weighted by Crippen LogP contribution is -2.58. The van der Waals surface area contributed by atoms with Crippen molar-refractivity contribution in [3.63, 3.8) is 0 Å². The molecule has 1 spiro atoms. The summed E-state index contributed by atoms with van der Waals surface area (Å²) < 4.78 is 0. The van der Waals surface area contributed by atoms with Crippen LogP contribution in [0.3, 0.4) is 0 Å². The van der Waals surface area contributed by atoms with Crippen LogP contribution in [0.25, 0.3) is 10.4 Å². The number of hydrogen-bond donors (Lipinski definition) is 2. The van der Waals surface area contributed by atoms with Crippen LogP contribution >= 0.6 is 11.3 Å². The van der Waals surface area contributed by atoms with Gasteiger partial charge in [-0.15, -0.1) is 11.3 Å². The molecular formula is C18H22N6S. The van der Waals surface area contributed by atoms with Crippen molar-refractivity contribution in [3.05, 3.63) is 35.5 Å². The summed E-state index contributed by atoms with van der Waals surface area (Å²) in [6.07, 6.45) is 7.23. The first-order valence-electron chi connectivity index (χ1n) is 8.61. The van der Waals surface area contributed by atoms with Crippen LogP contribution in [0.2, 0.25) is 0 Å². The van der Waals surface area contributed by atoms with Crippen molar-refractivity contribution in [2.24, 2.45) is 21.5 Å². The molecule has 2 aromatic rings. The van der Waals surface area contributed by atoms with E-state index < -0.39 is 5.66 Å². The highest BCUT2D eigenvalue weighted by Crippen LogP contribution is 2.43. The number of nitrogens with two attached hydrogens (primary N) is 2. The van der Waals surface area contributed by atoms with Crippen molar-refractivity contribution in [2.75, 3.05) is 4.90 Å². The Balaban J connectivity index is 1.86. The smallest absolute Gasteiger partial charge is 0.220 e. The minimum atomic E-state index is -0.427. The summed E-state index contributed by atoms with van der Waals surface area (Å²) in [7, 11) is 0. The number of hydrogen-bond acceptors (Lipinski definition) is 7. The fourth-order valence-electron chi connectivity index (χ4n) is 3.83. The van der Waals surface area contributed by atoms with E-state index in [0.717, 1.165) is 46.8 Å². The molecule has 1 aliphatic heterocycles. The van der Waals surface area contributed by atoms with Gasteiger partial charge in [-0.05, 0) is 38.7 Å². The summed E-state index contributed by atoms with van der Waals surface area (Å²) in [5, 5.41) is 1.04. The highest BCUT2D eigenvalue weighted by Gasteiger charge is 2.43. The molecule has 1 aromatic heterocycles. The monoisotopic (exact) mass is 354 g/mol. The normalized spacial score (nSPS) is 19.6. The van der Waals surface area contributed by atoms with Gasteiger partial charge in [0.15, 0.2) is 0 Å². The maximum absolute atomic E-state index is 6.36. The van der Waals surface area contributed by atoms with Crippen LogP contribution in [-0.2, 0) is 0 Å². The van der Waals surface area contributed by atoms with Gasteiger partial charge in [0.1, 0.15) is 5.66 Å². The van der Waals surface area contributed by atoms with Crippen molar-refractivity contribution >= 4 is 28.9 Å². The number of thiazole rings is 1. The summed E-state index contributed by atoms with van der Waals surface area (Å²) in [5.41, 5.74) is 14.0. The van der Waals surface area contributed by atoms with Crippen molar-refractivity contribution in [2.45, 2.75) is 44.7 Å². The quantitative estimate of drug-likeness (QED) is 0.866. The molecule has 130 valence electrons. The van der Waals surface area contributed by atoms with E-state index in [0.29, 0.717) is 5.96 Å². The third kappa shape index (κ3) is 2.78. The lowest BCUT2D eigenvalue weighted by Gasteiger charge is -2.46. The molecule has 7 heteroatoms. The second-order valence-electron chi connectivity index (χ2n) is 6.58. The molecule has 25 heavy (non-hydrogen) atoms. The van der Waals surface area contributed by atoms with Gasteiger partial charge in [-0.1, -0.05) is 24.6 Å². The molecule has 6 nitrogen and oxygen atoms in total. The molecule has 1 aromatic carbocycles. The van der Waals surface area contributed by atoms with E-state index in [-0.39, 0.29) is 5.96 Å². The zero-order valence-corrected chi connectivity index (χ0v) is 15.1. The first-order chi connectivity index (χ1) is 12.1. The fraction of sp³-hybridized carbons (Fsp3) is 0.389. The summed E-state index contributed by atoms with van der Waals surface area (Å²) in [5.74, 6) is 0.699. The molecule has 4 N–H and O–H groups in total. The molecule has 0 radical (unpaired) electrons. The van der Waals surface area contributed by atoms with Crippen LogP contribution in [0, 0.1) is 6.92 Å². The van der Waals surface area contributed by atoms with Crippen LogP contribution in [0.15, 0.2) is 40.4 Å². The minimum Gasteiger partial charge on any atom is -0.369 e. The minimum absolute atomic E-state index is 0.279. The molecule has 1 saturated carbocycles. The van der Waals surface area contributed by atoms with Gasteiger partial charge >= 0.3 is 0 Å². The van der Waals surface area contributed by atoms with E-state index in [9.17, 15) is 0 Å². The third-order valence-corrected chi connectivity index (χ3v) is 5.83. The van der Waals surface area contributed by atoms with Crippen molar-refractivity contribution in [1.82, 2.24) is 4.98 Å². The molecule has 0 saturated heterocycles. The largest absolute Gasteiger partial charge is 0.369 e. The van der Waals surface area contributed by atoms with E-state index in [2.05, 4.69) is 27.0 Å². The third-order valence-electron chi connectivity index (χ3n) is 4.88. The summed E-state index contributed by atoms with van der Waals surface area (Å²) >= 11 is 1.68. The average Bonchev–Trinajstić information content (AvgIpc) is 3.01. The first kappa shape index (κ1) is 16.1. The van der Waals surface area contributed by atoms with E-state index in [1.54, 1.807) is 11.3 Å². The average molecular weight is 354 g/mol. The Bertz CT molecular complexity index is 847. The van der Waals surface area contributed by atoms with Crippen molar-refractivity contribution < 1.29 is 0 Å². The molecule has 1 fully saturated rings. The molecule has 0 amide bonds. The van der Waals surface area contributed by atoms with Crippen LogP contribution in [0.5, 0.6) is 0 Å². The number of nitrogens with zero attached hydrogens (tertiary/aromatic N) is 4. The van der Waals surface area contributed by atoms with Gasteiger partial charge in [-0.3, -0.25) is 4.90 Å². The number of aromatic nitrogens is 1. The summed E-state index contributed by atoms with van der Waals surface area (Å²) in [6.45, 7) is 2.01. The van der Waals surface area contributed by atoms with Crippen molar-refractivity contribution in [3.8, 4) is 10.4 Å². The molecule has 0 atom stereocenters. The molecule has 0 unspecified atom stereocenters. The SMILES string of the molecule is Cc1ncc(-c2ccccc2N2C(N)=NC(N)=NC23CCCCC3)s1. The predicted molar refractivity (Wildman–Crippen MR) is 104 cm³/mol. The van der Waals surface area contributed by atoms with Crippen LogP contribution in [0.4, 0.5) is 5.69 Å². The maximum Gasteiger partial charge on any atom is 0.220 e. The van der Waals surface area contributed by atoms with E-state index in [4.69, 9.17) is 16.5 Å². The number of aryl methyl sites for hydroxylation is 1. The lowest BCUT2D eigenvalue weighted by atomic mass is 9.87. The second kappa shape index (κ2) is 6.15. The number of rotatable bonds is 2. The summed E-state index contributed by atoms with van der Waals surface area (Å²) in [6, 6.07) is 8.25. The van der Waals surface area contributed by atoms with Gasteiger partial charge in [0.25, 0.3) is 0 Å². The van der Waals surface area contributed by atoms with E-state index in [1.165, 1.54) is 6.42 Å². The number of anilines is 1. The standard InChI is InChI=1S/C18H22N6S/c1-12-21-11-15(25-12)13-7-3-4-8-14(13)24-17(20)22-16(19)23-18(24)9-5-2-6-10-18/h3-4,7-8,11H,2,5-6,9-10H2,1H3,(H4,19,20,22,23). The second-order valence-corrected chi connectivity index (χ2v) is 7.81. The van der Waals surface area contributed by atoms with E-state index >= 15 is 0 Å². The molecule has 2 heterocycles. The number of para-hydroxylation sites is 1. The summed E-state index contributed by atoms with van der Waals surface area (Å²) in [4.78, 5) is 16.6. The predicted octanol–water partition coefficient (Wildman–Crippen LogP) is 3.23. The Hall–Kier alpha value is -2.41. The molecule has 2 aliphatic rings. The zero-order chi connectivity index (χ0) is 17.4. The maximum atomic E-state index is 6.36. The Morgan fingerprint density at radius 1 is 1.12 bits per heavy atom. The van der Waals surface area contributed by atoms with E-state index in [1.807, 2.05) is 25.3 Å². The fourth-order valence-corrected chi connectivity index (χ4v) is 4.64. The zero-order valence-electron chi connectivity index (χ0n) is 14.3. The molecule has 4 rings (SSSR count). The Morgan fingerprint density at radius 3 is 2.60 bits per heavy atom. The van der Waals surface area contributed by atoms with Gasteiger partial charge in [0.2, 0.25) is 11.9 Å². The topological polar surface area (TPSA) is 92.9 Å². The number of benzene rings is 1. The van der Waals surface area contributed by atoms with Gasteiger partial charge in [-0.25, -0.2) is 9.98 Å². The Labute approximate surface area is 151 Å². The molecular weight excluding hydrogens is 332 g/mol. The Morgan fingerprint density at radius 2 is 1.88 bits per heavy atom. The van der Waals surface area contributed by atoms with Gasteiger partial charge in [-0.2, -0.15) is 4.99 Å². The van der Waals surface area contributed by atoms with Crippen molar-refractivity contribution in [1.29, 1.82) is 0 Å². The highest BCUT2D eigenvalue weighted by atomic mass is 32.1. The molecule has 0 bridgehead atoms. The van der Waals surface area contributed by atoms with Crippen LogP contribution in [0.1, 0.15) is 37.1 Å². The van der Waals surface area contributed by atoms with Crippen LogP contribution < -0.4 is 16.4 Å². The first-order valence-corrected chi connectivity index (χ1v) is 9.42. The number of guanidine groups is 2. The Kier molecular flexibility index (Phi) is 3.95. The lowest BCUT2D eigenvalue weighted by molar-refractivity contribution is 0.305. The van der Waals surface area contributed by atoms with Gasteiger partial charge in [0.05, 0.1) is 15.6 Å².